The van der Waals surface area contributed by atoms with E-state index in [0.717, 1.165) is 48.0 Å². The number of nitriles is 1. The second-order valence-corrected chi connectivity index (χ2v) is 9.98. The normalized spacial score (nSPS) is 25.1. The largest absolute Gasteiger partial charge is 0.492 e. The van der Waals surface area contributed by atoms with Gasteiger partial charge in [-0.05, 0) is 81.8 Å². The van der Waals surface area contributed by atoms with Crippen molar-refractivity contribution in [2.75, 3.05) is 6.61 Å². The van der Waals surface area contributed by atoms with Gasteiger partial charge in [-0.1, -0.05) is 6.07 Å². The van der Waals surface area contributed by atoms with Crippen molar-refractivity contribution in [1.82, 2.24) is 19.9 Å². The highest BCUT2D eigenvalue weighted by atomic mass is 16.5. The van der Waals surface area contributed by atoms with Crippen LogP contribution in [0, 0.1) is 41.4 Å². The molecule has 0 spiro atoms. The minimum absolute atomic E-state index is 0.208. The Kier molecular flexibility index (Phi) is 5.94. The van der Waals surface area contributed by atoms with Gasteiger partial charge in [0.15, 0.2) is 0 Å². The van der Waals surface area contributed by atoms with Crippen LogP contribution in [0.4, 0.5) is 0 Å². The number of fused-ring (bicyclic) bond motifs is 4. The zero-order chi connectivity index (χ0) is 24.6. The SMILES string of the molecule is C#CC(=O)NC1(C)CC2CCC1CC2Cc1ccc(-c2cc(OCC)cn3ncc(C#N)c23)cn1. The van der Waals surface area contributed by atoms with Gasteiger partial charge >= 0.3 is 0 Å². The van der Waals surface area contributed by atoms with Gasteiger partial charge in [-0.25, -0.2) is 4.52 Å². The van der Waals surface area contributed by atoms with E-state index in [1.807, 2.05) is 19.2 Å². The van der Waals surface area contributed by atoms with E-state index in [0.29, 0.717) is 35.7 Å². The average Bonchev–Trinajstić information content (AvgIpc) is 3.28. The number of pyridine rings is 2. The van der Waals surface area contributed by atoms with Gasteiger partial charge in [-0.3, -0.25) is 9.78 Å². The van der Waals surface area contributed by atoms with Crippen LogP contribution in [0.25, 0.3) is 16.6 Å². The molecule has 3 aliphatic rings. The Hall–Kier alpha value is -3.84. The van der Waals surface area contributed by atoms with Gasteiger partial charge in [0.05, 0.1) is 30.1 Å². The number of amides is 1. The first-order chi connectivity index (χ1) is 16.9. The maximum absolute atomic E-state index is 11.9. The highest BCUT2D eigenvalue weighted by molar-refractivity contribution is 5.93. The quantitative estimate of drug-likeness (QED) is 0.550. The molecule has 6 rings (SSSR count). The molecular weight excluding hydrogens is 438 g/mol. The summed E-state index contributed by atoms with van der Waals surface area (Å²) in [6.45, 7) is 4.63. The third-order valence-electron chi connectivity index (χ3n) is 7.88. The standard InChI is InChI=1S/C28H29N5O2/c1-4-26(34)32-28(3)13-18-6-8-22(28)10-20(18)11-23-9-7-19(15-30-23)25-12-24(35-5-2)17-33-27(25)21(14-29)16-31-33/h1,7,9,12,15-18,20,22H,5-6,8,10-11,13H2,2-3H3,(H,32,34). The Labute approximate surface area is 205 Å². The highest BCUT2D eigenvalue weighted by Gasteiger charge is 2.49. The lowest BCUT2D eigenvalue weighted by Gasteiger charge is -2.53. The van der Waals surface area contributed by atoms with Crippen molar-refractivity contribution >= 4 is 11.4 Å². The first-order valence-electron chi connectivity index (χ1n) is 12.2. The van der Waals surface area contributed by atoms with Gasteiger partial charge in [0.2, 0.25) is 0 Å². The number of nitrogens with zero attached hydrogens (tertiary/aromatic N) is 4. The summed E-state index contributed by atoms with van der Waals surface area (Å²) in [5.41, 5.74) is 3.93. The molecule has 3 aliphatic carbocycles. The lowest BCUT2D eigenvalue weighted by atomic mass is 9.56. The van der Waals surface area contributed by atoms with Gasteiger partial charge in [0.25, 0.3) is 5.91 Å². The molecule has 178 valence electrons. The van der Waals surface area contributed by atoms with Gasteiger partial charge in [0.1, 0.15) is 11.8 Å². The Morgan fingerprint density at radius 3 is 2.89 bits per heavy atom. The van der Waals surface area contributed by atoms with Crippen LogP contribution in [-0.4, -0.2) is 32.7 Å². The molecule has 0 radical (unpaired) electrons. The van der Waals surface area contributed by atoms with Crippen LogP contribution in [0.15, 0.2) is 36.8 Å². The first kappa shape index (κ1) is 22.9. The molecule has 35 heavy (non-hydrogen) atoms. The van der Waals surface area contributed by atoms with Crippen LogP contribution in [0.5, 0.6) is 5.75 Å². The van der Waals surface area contributed by atoms with E-state index in [1.54, 1.807) is 16.9 Å². The number of ether oxygens (including phenoxy) is 1. The van der Waals surface area contributed by atoms with E-state index in [9.17, 15) is 10.1 Å². The fourth-order valence-corrected chi connectivity index (χ4v) is 6.20. The van der Waals surface area contributed by atoms with Crippen molar-refractivity contribution in [2.45, 2.75) is 51.5 Å². The third-order valence-corrected chi connectivity index (χ3v) is 7.88. The van der Waals surface area contributed by atoms with Gasteiger partial charge in [-0.2, -0.15) is 10.4 Å². The van der Waals surface area contributed by atoms with Crippen molar-refractivity contribution in [3.05, 3.63) is 48.0 Å². The molecule has 3 heterocycles. The lowest BCUT2D eigenvalue weighted by Crippen LogP contribution is -2.59. The van der Waals surface area contributed by atoms with Crippen LogP contribution >= 0.6 is 0 Å². The Balaban J connectivity index is 1.36. The molecule has 3 fully saturated rings. The van der Waals surface area contributed by atoms with Crippen LogP contribution < -0.4 is 10.1 Å². The van der Waals surface area contributed by atoms with Crippen LogP contribution in [0.3, 0.4) is 0 Å². The lowest BCUT2D eigenvalue weighted by molar-refractivity contribution is -0.120. The molecule has 7 heteroatoms. The number of rotatable bonds is 6. The minimum atomic E-state index is -0.311. The molecular formula is C28H29N5O2. The molecule has 0 aromatic carbocycles. The fraction of sp³-hybridized carbons (Fsp3) is 0.429. The molecule has 1 N–H and O–H groups in total. The molecule has 4 unspecified atom stereocenters. The van der Waals surface area contributed by atoms with Gasteiger partial charge < -0.3 is 10.1 Å². The minimum Gasteiger partial charge on any atom is -0.492 e. The van der Waals surface area contributed by atoms with Crippen LogP contribution in [-0.2, 0) is 11.2 Å². The molecule has 3 aromatic heterocycles. The number of hydrogen-bond acceptors (Lipinski definition) is 5. The predicted octanol–water partition coefficient (Wildman–Crippen LogP) is 4.15. The second-order valence-electron chi connectivity index (χ2n) is 9.98. The van der Waals surface area contributed by atoms with Crippen LogP contribution in [0.1, 0.15) is 50.8 Å². The first-order valence-corrected chi connectivity index (χ1v) is 12.2. The Bertz CT molecular complexity index is 1350. The zero-order valence-electron chi connectivity index (χ0n) is 20.1. The summed E-state index contributed by atoms with van der Waals surface area (Å²) in [6, 6.07) is 8.34. The molecule has 7 nitrogen and oxygen atoms in total. The molecule has 0 aliphatic heterocycles. The van der Waals surface area contributed by atoms with Gasteiger partial charge in [-0.15, -0.1) is 6.42 Å². The van der Waals surface area contributed by atoms with Crippen molar-refractivity contribution in [3.63, 3.8) is 0 Å². The highest BCUT2D eigenvalue weighted by Crippen LogP contribution is 2.51. The number of aromatic nitrogens is 3. The summed E-state index contributed by atoms with van der Waals surface area (Å²) in [7, 11) is 0. The van der Waals surface area contributed by atoms with E-state index in [1.165, 1.54) is 6.42 Å². The summed E-state index contributed by atoms with van der Waals surface area (Å²) in [6.07, 6.45) is 15.8. The van der Waals surface area contributed by atoms with E-state index in [4.69, 9.17) is 16.1 Å². The summed E-state index contributed by atoms with van der Waals surface area (Å²) in [5, 5.41) is 17.0. The van der Waals surface area contributed by atoms with E-state index < -0.39 is 0 Å². The number of terminal acetylenes is 1. The molecule has 2 bridgehead atoms. The van der Waals surface area contributed by atoms with E-state index >= 15 is 0 Å². The Morgan fingerprint density at radius 2 is 2.23 bits per heavy atom. The van der Waals surface area contributed by atoms with E-state index in [-0.39, 0.29) is 11.4 Å². The number of hydrogen-bond donors (Lipinski definition) is 1. The number of carbonyl (C=O) groups excluding carboxylic acids is 1. The average molecular weight is 468 g/mol. The summed E-state index contributed by atoms with van der Waals surface area (Å²) >= 11 is 0. The fourth-order valence-electron chi connectivity index (χ4n) is 6.20. The van der Waals surface area contributed by atoms with Gasteiger partial charge in [0, 0.05) is 28.6 Å². The smallest absolute Gasteiger partial charge is 0.296 e. The van der Waals surface area contributed by atoms with Crippen molar-refractivity contribution in [3.8, 4) is 35.3 Å². The van der Waals surface area contributed by atoms with E-state index in [2.05, 4.69) is 41.5 Å². The molecule has 4 atom stereocenters. The van der Waals surface area contributed by atoms with Crippen molar-refractivity contribution < 1.29 is 9.53 Å². The third kappa shape index (κ3) is 4.23. The molecule has 0 saturated heterocycles. The number of nitrogens with one attached hydrogen (secondary N) is 1. The Morgan fingerprint density at radius 1 is 1.37 bits per heavy atom. The second kappa shape index (κ2) is 9.07. The maximum Gasteiger partial charge on any atom is 0.296 e. The van der Waals surface area contributed by atoms with Crippen molar-refractivity contribution in [1.29, 1.82) is 5.26 Å². The van der Waals surface area contributed by atoms with Crippen molar-refractivity contribution in [2.24, 2.45) is 17.8 Å². The van der Waals surface area contributed by atoms with Crippen LogP contribution in [0.2, 0.25) is 0 Å². The zero-order valence-corrected chi connectivity index (χ0v) is 20.1. The summed E-state index contributed by atoms with van der Waals surface area (Å²) < 4.78 is 7.41. The molecule has 1 amide bonds. The number of carbonyl (C=O) groups is 1. The molecule has 3 saturated carbocycles. The topological polar surface area (TPSA) is 92.3 Å². The predicted molar refractivity (Wildman–Crippen MR) is 132 cm³/mol. The summed E-state index contributed by atoms with van der Waals surface area (Å²) in [4.78, 5) is 16.7. The summed E-state index contributed by atoms with van der Waals surface area (Å²) in [5.74, 6) is 4.13. The maximum atomic E-state index is 11.9. The monoisotopic (exact) mass is 467 g/mol. The molecule has 3 aromatic rings.